The zero-order valence-corrected chi connectivity index (χ0v) is 4.82. The average molecular weight is 127 g/mol. The molecule has 1 saturated carbocycles. The Morgan fingerprint density at radius 1 is 1.00 bits per heavy atom. The molecule has 8 heavy (non-hydrogen) atoms. The standard InChI is InChI=1S/C7H13.Al.3H/c1-7-5-3-2-4-6-7;;;;/h7H,1-6H2;;;;. The van der Waals surface area contributed by atoms with Gasteiger partial charge in [0, 0.05) is 0 Å². The highest BCUT2D eigenvalue weighted by atomic mass is 27.0. The molecule has 0 unspecified atom stereocenters. The molecule has 47 valence electrons. The van der Waals surface area contributed by atoms with E-state index < -0.39 is 0 Å². The van der Waals surface area contributed by atoms with Gasteiger partial charge in [0.2, 0.25) is 0 Å². The third-order valence-electron chi connectivity index (χ3n) is 1.72. The van der Waals surface area contributed by atoms with Crippen LogP contribution in [0.25, 0.3) is 0 Å². The first-order chi connectivity index (χ1) is 3.39. The fourth-order valence-electron chi connectivity index (χ4n) is 1.19. The zero-order valence-electron chi connectivity index (χ0n) is 4.82. The second kappa shape index (κ2) is 4.42. The van der Waals surface area contributed by atoms with Crippen LogP contribution in [0.4, 0.5) is 0 Å². The minimum absolute atomic E-state index is 0. The van der Waals surface area contributed by atoms with Gasteiger partial charge in [0.1, 0.15) is 0 Å². The molecule has 0 atom stereocenters. The Bertz CT molecular complexity index is 46.3. The molecule has 1 aliphatic carbocycles. The molecule has 0 aromatic heterocycles. The highest BCUT2D eigenvalue weighted by Crippen LogP contribution is 2.21. The highest BCUT2D eigenvalue weighted by molar-refractivity contribution is 5.75. The average Bonchev–Trinajstić information content (AvgIpc) is 1.69. The number of rotatable bonds is 0. The van der Waals surface area contributed by atoms with Crippen molar-refractivity contribution < 1.29 is 0 Å². The van der Waals surface area contributed by atoms with Crippen molar-refractivity contribution in [3.8, 4) is 0 Å². The normalized spacial score (nSPS) is 22.1. The monoisotopic (exact) mass is 127 g/mol. The predicted octanol–water partition coefficient (Wildman–Crippen LogP) is 1.22. The van der Waals surface area contributed by atoms with Crippen molar-refractivity contribution in [2.45, 2.75) is 32.1 Å². The van der Waals surface area contributed by atoms with E-state index in [4.69, 9.17) is 0 Å². The molecule has 1 fully saturated rings. The van der Waals surface area contributed by atoms with E-state index in [1.807, 2.05) is 0 Å². The summed E-state index contributed by atoms with van der Waals surface area (Å²) in [5, 5.41) is 0. The summed E-state index contributed by atoms with van der Waals surface area (Å²) in [6.45, 7) is 4.00. The Labute approximate surface area is 62.8 Å². The van der Waals surface area contributed by atoms with E-state index in [9.17, 15) is 0 Å². The number of hydrogen-bond acceptors (Lipinski definition) is 0. The second-order valence-corrected chi connectivity index (χ2v) is 2.50. The van der Waals surface area contributed by atoms with Crippen molar-refractivity contribution in [2.24, 2.45) is 5.92 Å². The molecule has 0 spiro atoms. The van der Waals surface area contributed by atoms with E-state index in [1.165, 1.54) is 32.1 Å². The lowest BCUT2D eigenvalue weighted by atomic mass is 9.91. The van der Waals surface area contributed by atoms with Gasteiger partial charge in [0.25, 0.3) is 0 Å². The molecule has 0 N–H and O–H groups in total. The Kier molecular flexibility index (Phi) is 4.71. The summed E-state index contributed by atoms with van der Waals surface area (Å²) in [6.07, 6.45) is 7.05. The van der Waals surface area contributed by atoms with Crippen LogP contribution in [0.2, 0.25) is 0 Å². The first-order valence-corrected chi connectivity index (χ1v) is 3.22. The molecule has 1 rings (SSSR count). The first-order valence-electron chi connectivity index (χ1n) is 3.22. The molecular weight excluding hydrogens is 111 g/mol. The first kappa shape index (κ1) is 8.53. The lowest BCUT2D eigenvalue weighted by Gasteiger charge is -2.15. The van der Waals surface area contributed by atoms with Crippen molar-refractivity contribution in [2.75, 3.05) is 0 Å². The van der Waals surface area contributed by atoms with Gasteiger partial charge in [-0.3, -0.25) is 0 Å². The molecule has 1 heteroatoms. The minimum Gasteiger partial charge on any atom is -0.0533 e. The molecule has 0 aromatic carbocycles. The van der Waals surface area contributed by atoms with Crippen molar-refractivity contribution in [1.29, 1.82) is 0 Å². The van der Waals surface area contributed by atoms with Gasteiger partial charge >= 0.3 is 0 Å². The van der Waals surface area contributed by atoms with Gasteiger partial charge in [-0.15, -0.1) is 0 Å². The second-order valence-electron chi connectivity index (χ2n) is 2.50. The van der Waals surface area contributed by atoms with Crippen LogP contribution in [0, 0.1) is 12.8 Å². The van der Waals surface area contributed by atoms with Crippen LogP contribution < -0.4 is 0 Å². The molecule has 0 heterocycles. The summed E-state index contributed by atoms with van der Waals surface area (Å²) in [7, 11) is 0. The maximum atomic E-state index is 4.00. The zero-order chi connectivity index (χ0) is 5.11. The van der Waals surface area contributed by atoms with E-state index in [2.05, 4.69) is 6.92 Å². The lowest BCUT2D eigenvalue weighted by molar-refractivity contribution is 0.417. The molecule has 1 aliphatic rings. The summed E-state index contributed by atoms with van der Waals surface area (Å²) in [6, 6.07) is 0. The van der Waals surface area contributed by atoms with E-state index in [0.717, 1.165) is 5.92 Å². The van der Waals surface area contributed by atoms with E-state index in [0.29, 0.717) is 0 Å². The van der Waals surface area contributed by atoms with Crippen LogP contribution in [0.5, 0.6) is 0 Å². The Balaban J connectivity index is 0.000000490. The lowest BCUT2D eigenvalue weighted by Crippen LogP contribution is -2.00. The van der Waals surface area contributed by atoms with Crippen LogP contribution in [0.1, 0.15) is 32.1 Å². The van der Waals surface area contributed by atoms with E-state index in [1.54, 1.807) is 0 Å². The van der Waals surface area contributed by atoms with Crippen LogP contribution in [0.15, 0.2) is 0 Å². The highest BCUT2D eigenvalue weighted by Gasteiger charge is 2.06. The van der Waals surface area contributed by atoms with Crippen molar-refractivity contribution >= 4 is 17.4 Å². The van der Waals surface area contributed by atoms with Crippen molar-refractivity contribution in [3.63, 3.8) is 0 Å². The maximum Gasteiger partial charge on any atom is 0.187 e. The Hall–Kier alpha value is 0.532. The van der Waals surface area contributed by atoms with Gasteiger partial charge in [-0.25, -0.2) is 0 Å². The number of hydrogen-bond donors (Lipinski definition) is 0. The molecular formula is C7H16Al. The molecule has 0 saturated heterocycles. The Morgan fingerprint density at radius 2 is 1.50 bits per heavy atom. The van der Waals surface area contributed by atoms with Crippen LogP contribution in [-0.2, 0) is 0 Å². The summed E-state index contributed by atoms with van der Waals surface area (Å²) in [4.78, 5) is 0. The molecule has 1 radical (unpaired) electrons. The molecule has 0 bridgehead atoms. The SMILES string of the molecule is [AlH3].[CH2]C1CCCCC1. The van der Waals surface area contributed by atoms with Gasteiger partial charge in [-0.05, 0) is 5.92 Å². The maximum absolute atomic E-state index is 4.00. The fraction of sp³-hybridized carbons (Fsp3) is 0.857. The fourth-order valence-corrected chi connectivity index (χ4v) is 1.19. The van der Waals surface area contributed by atoms with Gasteiger partial charge < -0.3 is 0 Å². The van der Waals surface area contributed by atoms with Crippen molar-refractivity contribution in [1.82, 2.24) is 0 Å². The van der Waals surface area contributed by atoms with Gasteiger partial charge in [0.15, 0.2) is 17.4 Å². The van der Waals surface area contributed by atoms with Gasteiger partial charge in [-0.2, -0.15) is 0 Å². The smallest absolute Gasteiger partial charge is 0.0533 e. The summed E-state index contributed by atoms with van der Waals surface area (Å²) in [5.41, 5.74) is 0. The molecule has 0 aromatic rings. The van der Waals surface area contributed by atoms with Crippen LogP contribution in [0.3, 0.4) is 0 Å². The molecule has 0 nitrogen and oxygen atoms in total. The largest absolute Gasteiger partial charge is 0.187 e. The predicted molar refractivity (Wildman–Crippen MR) is 41.9 cm³/mol. The summed E-state index contributed by atoms with van der Waals surface area (Å²) in [5.74, 6) is 0.786. The third-order valence-corrected chi connectivity index (χ3v) is 1.72. The Morgan fingerprint density at radius 3 is 1.75 bits per heavy atom. The summed E-state index contributed by atoms with van der Waals surface area (Å²) < 4.78 is 0. The third kappa shape index (κ3) is 2.75. The van der Waals surface area contributed by atoms with Crippen LogP contribution >= 0.6 is 0 Å². The van der Waals surface area contributed by atoms with E-state index in [-0.39, 0.29) is 17.4 Å². The molecule has 0 aliphatic heterocycles. The van der Waals surface area contributed by atoms with Gasteiger partial charge in [-0.1, -0.05) is 39.0 Å². The quantitative estimate of drug-likeness (QED) is 0.429. The topological polar surface area (TPSA) is 0 Å². The van der Waals surface area contributed by atoms with Crippen molar-refractivity contribution in [3.05, 3.63) is 6.92 Å². The molecule has 0 amide bonds. The minimum atomic E-state index is 0. The van der Waals surface area contributed by atoms with Gasteiger partial charge in [0.05, 0.1) is 0 Å². The van der Waals surface area contributed by atoms with Crippen LogP contribution in [-0.4, -0.2) is 17.4 Å². The van der Waals surface area contributed by atoms with E-state index >= 15 is 0 Å². The summed E-state index contributed by atoms with van der Waals surface area (Å²) >= 11 is 0.